The molecular weight excluding hydrogens is 426 g/mol. The average Bonchev–Trinajstić information content (AvgIpc) is 3.02. The van der Waals surface area contributed by atoms with Gasteiger partial charge < -0.3 is 10.2 Å². The lowest BCUT2D eigenvalue weighted by molar-refractivity contribution is -0.120. The van der Waals surface area contributed by atoms with E-state index in [1.807, 2.05) is 17.0 Å². The minimum absolute atomic E-state index is 0.00664. The Morgan fingerprint density at radius 2 is 1.66 bits per heavy atom. The predicted octanol–water partition coefficient (Wildman–Crippen LogP) is 4.87. The van der Waals surface area contributed by atoms with Crippen LogP contribution in [-0.4, -0.2) is 35.7 Å². The second-order valence-corrected chi connectivity index (χ2v) is 8.82. The summed E-state index contributed by atoms with van der Waals surface area (Å²) in [6.07, 6.45) is 3.17. The molecule has 1 fully saturated rings. The van der Waals surface area contributed by atoms with Crippen molar-refractivity contribution in [1.29, 1.82) is 0 Å². The van der Waals surface area contributed by atoms with Crippen molar-refractivity contribution in [2.45, 2.75) is 39.0 Å². The van der Waals surface area contributed by atoms with Gasteiger partial charge in [-0.25, -0.2) is 4.90 Å². The van der Waals surface area contributed by atoms with E-state index in [1.165, 1.54) is 0 Å². The Balaban J connectivity index is 1.53. The van der Waals surface area contributed by atoms with E-state index in [0.717, 1.165) is 42.8 Å². The van der Waals surface area contributed by atoms with E-state index in [4.69, 9.17) is 11.6 Å². The second kappa shape index (κ2) is 9.17. The SMILES string of the molecule is CC(C)c1ccc(N2C(=O)C(Cl)=C(Nc3cccc(C(=O)N4CCCCC4)c3)C2=O)cc1. The van der Waals surface area contributed by atoms with Crippen LogP contribution in [0.25, 0.3) is 0 Å². The first-order valence-electron chi connectivity index (χ1n) is 10.9. The normalized spacial score (nSPS) is 16.9. The first-order valence-corrected chi connectivity index (χ1v) is 11.3. The van der Waals surface area contributed by atoms with Gasteiger partial charge in [-0.05, 0) is 61.1 Å². The van der Waals surface area contributed by atoms with E-state index in [1.54, 1.807) is 36.4 Å². The van der Waals surface area contributed by atoms with Crippen LogP contribution in [0, 0.1) is 0 Å². The molecule has 0 aliphatic carbocycles. The molecule has 0 aromatic heterocycles. The average molecular weight is 452 g/mol. The van der Waals surface area contributed by atoms with Crippen LogP contribution < -0.4 is 10.2 Å². The fourth-order valence-corrected chi connectivity index (χ4v) is 4.22. The van der Waals surface area contributed by atoms with Crippen LogP contribution >= 0.6 is 11.6 Å². The third-order valence-corrected chi connectivity index (χ3v) is 6.22. The van der Waals surface area contributed by atoms with Crippen LogP contribution in [0.4, 0.5) is 11.4 Å². The summed E-state index contributed by atoms with van der Waals surface area (Å²) in [5.41, 5.74) is 2.65. The number of benzene rings is 2. The zero-order valence-corrected chi connectivity index (χ0v) is 19.0. The number of hydrogen-bond donors (Lipinski definition) is 1. The molecule has 0 saturated carbocycles. The van der Waals surface area contributed by atoms with Gasteiger partial charge in [0.1, 0.15) is 10.7 Å². The van der Waals surface area contributed by atoms with Crippen LogP contribution in [0.5, 0.6) is 0 Å². The number of amides is 3. The number of halogens is 1. The molecular formula is C25H26ClN3O3. The summed E-state index contributed by atoms with van der Waals surface area (Å²) in [5, 5.41) is 2.79. The summed E-state index contributed by atoms with van der Waals surface area (Å²) in [7, 11) is 0. The lowest BCUT2D eigenvalue weighted by atomic mass is 10.0. The number of nitrogens with zero attached hydrogens (tertiary/aromatic N) is 2. The summed E-state index contributed by atoms with van der Waals surface area (Å²) < 4.78 is 0. The number of hydrogen-bond acceptors (Lipinski definition) is 4. The lowest BCUT2D eigenvalue weighted by Crippen LogP contribution is -2.35. The van der Waals surface area contributed by atoms with Crippen LogP contribution in [0.1, 0.15) is 54.9 Å². The summed E-state index contributed by atoms with van der Waals surface area (Å²) in [5.74, 6) is -0.788. The highest BCUT2D eigenvalue weighted by molar-refractivity contribution is 6.53. The maximum atomic E-state index is 13.0. The molecule has 2 aromatic rings. The first kappa shape index (κ1) is 22.1. The Hall–Kier alpha value is -3.12. The largest absolute Gasteiger partial charge is 0.350 e. The first-order chi connectivity index (χ1) is 15.4. The number of carbonyl (C=O) groups is 3. The smallest absolute Gasteiger partial charge is 0.283 e. The maximum Gasteiger partial charge on any atom is 0.283 e. The molecule has 2 aromatic carbocycles. The van der Waals surface area contributed by atoms with Crippen LogP contribution in [-0.2, 0) is 9.59 Å². The lowest BCUT2D eigenvalue weighted by Gasteiger charge is -2.26. The highest BCUT2D eigenvalue weighted by Crippen LogP contribution is 2.31. The Bertz CT molecular complexity index is 1090. The molecule has 6 nitrogen and oxygen atoms in total. The molecule has 0 atom stereocenters. The minimum Gasteiger partial charge on any atom is -0.350 e. The molecule has 2 aliphatic heterocycles. The molecule has 2 aliphatic rings. The summed E-state index contributed by atoms with van der Waals surface area (Å²) in [4.78, 5) is 41.5. The van der Waals surface area contributed by atoms with Crippen molar-refractivity contribution < 1.29 is 14.4 Å². The topological polar surface area (TPSA) is 69.7 Å². The fourth-order valence-electron chi connectivity index (χ4n) is 4.01. The van der Waals surface area contributed by atoms with Crippen LogP contribution in [0.15, 0.2) is 59.3 Å². The molecule has 2 heterocycles. The summed E-state index contributed by atoms with van der Waals surface area (Å²) >= 11 is 6.25. The number of piperidine rings is 1. The van der Waals surface area contributed by atoms with Gasteiger partial charge in [-0.2, -0.15) is 0 Å². The quantitative estimate of drug-likeness (QED) is 0.658. The Kier molecular flexibility index (Phi) is 6.33. The Morgan fingerprint density at radius 1 is 0.969 bits per heavy atom. The highest BCUT2D eigenvalue weighted by atomic mass is 35.5. The molecule has 1 saturated heterocycles. The molecule has 166 valence electrons. The third-order valence-electron chi connectivity index (χ3n) is 5.87. The van der Waals surface area contributed by atoms with E-state index in [2.05, 4.69) is 19.2 Å². The van der Waals surface area contributed by atoms with Crippen LogP contribution in [0.3, 0.4) is 0 Å². The molecule has 4 rings (SSSR count). The number of likely N-dealkylation sites (tertiary alicyclic amines) is 1. The summed E-state index contributed by atoms with van der Waals surface area (Å²) in [6.45, 7) is 5.66. The number of anilines is 2. The molecule has 32 heavy (non-hydrogen) atoms. The Labute approximate surface area is 192 Å². The van der Waals surface area contributed by atoms with Gasteiger partial charge >= 0.3 is 0 Å². The standard InChI is InChI=1S/C25H26ClN3O3/c1-16(2)17-9-11-20(12-10-17)29-24(31)21(26)22(25(29)32)27-19-8-6-7-18(15-19)23(30)28-13-4-3-5-14-28/h6-12,15-16,27H,3-5,13-14H2,1-2H3. The number of carbonyl (C=O) groups excluding carboxylic acids is 3. The van der Waals surface area contributed by atoms with Crippen molar-refractivity contribution in [3.8, 4) is 0 Å². The van der Waals surface area contributed by atoms with Gasteiger partial charge in [0.2, 0.25) is 0 Å². The van der Waals surface area contributed by atoms with Gasteiger partial charge in [-0.15, -0.1) is 0 Å². The van der Waals surface area contributed by atoms with E-state index >= 15 is 0 Å². The van der Waals surface area contributed by atoms with Gasteiger partial charge in [0.15, 0.2) is 0 Å². The molecule has 0 bridgehead atoms. The van der Waals surface area contributed by atoms with Crippen molar-refractivity contribution in [3.05, 3.63) is 70.4 Å². The number of rotatable bonds is 5. The van der Waals surface area contributed by atoms with Crippen molar-refractivity contribution in [3.63, 3.8) is 0 Å². The summed E-state index contributed by atoms with van der Waals surface area (Å²) in [6, 6.07) is 14.2. The molecule has 0 spiro atoms. The molecule has 0 radical (unpaired) electrons. The third kappa shape index (κ3) is 4.28. The van der Waals surface area contributed by atoms with E-state index in [0.29, 0.717) is 22.9 Å². The van der Waals surface area contributed by atoms with E-state index in [-0.39, 0.29) is 16.6 Å². The van der Waals surface area contributed by atoms with Crippen molar-refractivity contribution >= 4 is 40.7 Å². The van der Waals surface area contributed by atoms with Crippen molar-refractivity contribution in [1.82, 2.24) is 4.90 Å². The molecule has 7 heteroatoms. The highest BCUT2D eigenvalue weighted by Gasteiger charge is 2.39. The Morgan fingerprint density at radius 3 is 2.31 bits per heavy atom. The minimum atomic E-state index is -0.572. The monoisotopic (exact) mass is 451 g/mol. The maximum absolute atomic E-state index is 13.0. The van der Waals surface area contributed by atoms with Gasteiger partial charge in [0.25, 0.3) is 17.7 Å². The predicted molar refractivity (Wildman–Crippen MR) is 126 cm³/mol. The van der Waals surface area contributed by atoms with Gasteiger partial charge in [0, 0.05) is 24.3 Å². The van der Waals surface area contributed by atoms with Gasteiger partial charge in [-0.3, -0.25) is 14.4 Å². The van der Waals surface area contributed by atoms with Gasteiger partial charge in [-0.1, -0.05) is 43.6 Å². The van der Waals surface area contributed by atoms with Crippen molar-refractivity contribution in [2.75, 3.05) is 23.3 Å². The fraction of sp³-hybridized carbons (Fsp3) is 0.320. The van der Waals surface area contributed by atoms with Crippen LogP contribution in [0.2, 0.25) is 0 Å². The van der Waals surface area contributed by atoms with Gasteiger partial charge in [0.05, 0.1) is 5.69 Å². The number of nitrogens with one attached hydrogen (secondary N) is 1. The zero-order chi connectivity index (χ0) is 22.8. The molecule has 3 amide bonds. The van der Waals surface area contributed by atoms with E-state index < -0.39 is 11.8 Å². The zero-order valence-electron chi connectivity index (χ0n) is 18.2. The number of imide groups is 1. The van der Waals surface area contributed by atoms with Crippen molar-refractivity contribution in [2.24, 2.45) is 0 Å². The molecule has 0 unspecified atom stereocenters. The second-order valence-electron chi connectivity index (χ2n) is 8.44. The van der Waals surface area contributed by atoms with E-state index in [9.17, 15) is 14.4 Å². The molecule has 1 N–H and O–H groups in total.